The van der Waals surface area contributed by atoms with E-state index in [1.807, 2.05) is 0 Å². The number of nitrogens with zero attached hydrogens (tertiary/aromatic N) is 8. The molecule has 3 aromatic heterocycles. The van der Waals surface area contributed by atoms with E-state index in [0.717, 1.165) is 52.5 Å². The van der Waals surface area contributed by atoms with Gasteiger partial charge in [-0.2, -0.15) is 19.0 Å². The van der Waals surface area contributed by atoms with Crippen molar-refractivity contribution < 1.29 is 27.8 Å². The SMILES string of the molecule is O=C(Nc1cn(CC(=O)N2CCN(CCN3CCOCC3)CC2)nc1-c1cc(Cl)ccc1OC(F)F)c1cnn2cccnc12. The molecule has 0 bridgehead atoms. The minimum absolute atomic E-state index is 0.103. The highest BCUT2D eigenvalue weighted by molar-refractivity contribution is 6.31. The maximum absolute atomic E-state index is 13.4. The lowest BCUT2D eigenvalue weighted by Crippen LogP contribution is -2.51. The number of rotatable bonds is 10. The number of amides is 2. The molecule has 16 heteroatoms. The number of hydrogen-bond donors (Lipinski definition) is 1. The van der Waals surface area contributed by atoms with Crippen molar-refractivity contribution in [1.29, 1.82) is 0 Å². The molecule has 0 saturated carbocycles. The van der Waals surface area contributed by atoms with Crippen molar-refractivity contribution in [2.24, 2.45) is 0 Å². The van der Waals surface area contributed by atoms with E-state index in [-0.39, 0.29) is 45.7 Å². The van der Waals surface area contributed by atoms with E-state index >= 15 is 0 Å². The summed E-state index contributed by atoms with van der Waals surface area (Å²) in [5, 5.41) is 11.7. The molecule has 0 aliphatic carbocycles. The second-order valence-electron chi connectivity index (χ2n) is 10.7. The quantitative estimate of drug-likeness (QED) is 0.278. The third-order valence-electron chi connectivity index (χ3n) is 7.81. The lowest BCUT2D eigenvalue weighted by molar-refractivity contribution is -0.133. The first-order valence-electron chi connectivity index (χ1n) is 14.6. The summed E-state index contributed by atoms with van der Waals surface area (Å²) in [6.07, 6.45) is 6.04. The summed E-state index contributed by atoms with van der Waals surface area (Å²) in [6, 6.07) is 5.80. The van der Waals surface area contributed by atoms with Crippen LogP contribution in [0.25, 0.3) is 16.9 Å². The Morgan fingerprint density at radius 1 is 1.07 bits per heavy atom. The van der Waals surface area contributed by atoms with Crippen LogP contribution in [-0.2, 0) is 16.1 Å². The molecule has 45 heavy (non-hydrogen) atoms. The van der Waals surface area contributed by atoms with Gasteiger partial charge in [-0.15, -0.1) is 0 Å². The van der Waals surface area contributed by atoms with Crippen molar-refractivity contribution in [2.75, 3.05) is 70.9 Å². The predicted molar refractivity (Wildman–Crippen MR) is 161 cm³/mol. The maximum Gasteiger partial charge on any atom is 0.387 e. The Morgan fingerprint density at radius 3 is 2.58 bits per heavy atom. The average Bonchev–Trinajstić information content (AvgIpc) is 3.65. The van der Waals surface area contributed by atoms with Crippen LogP contribution < -0.4 is 10.1 Å². The van der Waals surface area contributed by atoms with Crippen LogP contribution in [0.4, 0.5) is 14.5 Å². The van der Waals surface area contributed by atoms with E-state index in [9.17, 15) is 18.4 Å². The summed E-state index contributed by atoms with van der Waals surface area (Å²) >= 11 is 6.22. The Bertz CT molecular complexity index is 1650. The fourth-order valence-corrected chi connectivity index (χ4v) is 5.59. The first-order valence-corrected chi connectivity index (χ1v) is 14.9. The zero-order chi connectivity index (χ0) is 31.3. The topological polar surface area (TPSA) is 122 Å². The Hall–Kier alpha value is -4.18. The van der Waals surface area contributed by atoms with Crippen LogP contribution in [0.15, 0.2) is 49.1 Å². The van der Waals surface area contributed by atoms with Crippen LogP contribution in [0.3, 0.4) is 0 Å². The number of halogens is 3. The number of morpholine rings is 1. The highest BCUT2D eigenvalue weighted by atomic mass is 35.5. The van der Waals surface area contributed by atoms with Gasteiger partial charge in [-0.05, 0) is 24.3 Å². The number of hydrogen-bond acceptors (Lipinski definition) is 9. The standard InChI is InChI=1S/C29H32ClF2N9O4/c30-20-2-3-24(45-29(31)32)21(16-20)26-23(35-28(43)22-17-34-41-5-1-4-33-27(22)41)18-40(36-26)19-25(42)39-10-8-37(9-11-39)6-7-38-12-14-44-15-13-38/h1-5,16-18,29H,6-15,19H2,(H,35,43). The summed E-state index contributed by atoms with van der Waals surface area (Å²) in [4.78, 5) is 37.4. The van der Waals surface area contributed by atoms with E-state index in [1.165, 1.54) is 46.0 Å². The molecule has 4 aromatic rings. The van der Waals surface area contributed by atoms with Gasteiger partial charge in [0.15, 0.2) is 5.65 Å². The van der Waals surface area contributed by atoms with Crippen molar-refractivity contribution in [3.8, 4) is 17.0 Å². The van der Waals surface area contributed by atoms with Gasteiger partial charge in [0.25, 0.3) is 5.91 Å². The maximum atomic E-state index is 13.4. The van der Waals surface area contributed by atoms with Crippen LogP contribution in [0.2, 0.25) is 5.02 Å². The van der Waals surface area contributed by atoms with Gasteiger partial charge >= 0.3 is 6.61 Å². The lowest BCUT2D eigenvalue weighted by atomic mass is 10.1. The Labute approximate surface area is 262 Å². The van der Waals surface area contributed by atoms with Gasteiger partial charge in [-0.3, -0.25) is 24.1 Å². The van der Waals surface area contributed by atoms with Gasteiger partial charge in [0.2, 0.25) is 5.91 Å². The molecule has 6 rings (SSSR count). The molecule has 2 saturated heterocycles. The Morgan fingerprint density at radius 2 is 1.82 bits per heavy atom. The fraction of sp³-hybridized carbons (Fsp3) is 0.414. The Kier molecular flexibility index (Phi) is 9.49. The molecule has 0 atom stereocenters. The second kappa shape index (κ2) is 13.9. The summed E-state index contributed by atoms with van der Waals surface area (Å²) < 4.78 is 39.5. The number of anilines is 1. The molecule has 13 nitrogen and oxygen atoms in total. The first-order chi connectivity index (χ1) is 21.8. The van der Waals surface area contributed by atoms with E-state index in [4.69, 9.17) is 21.1 Å². The summed E-state index contributed by atoms with van der Waals surface area (Å²) in [5.41, 5.74) is 0.903. The van der Waals surface area contributed by atoms with E-state index < -0.39 is 12.5 Å². The summed E-state index contributed by atoms with van der Waals surface area (Å²) in [5.74, 6) is -0.897. The van der Waals surface area contributed by atoms with Gasteiger partial charge in [0.05, 0.1) is 25.1 Å². The van der Waals surface area contributed by atoms with Gasteiger partial charge in [-0.25, -0.2) is 9.50 Å². The number of aromatic nitrogens is 5. The molecular weight excluding hydrogens is 612 g/mol. The number of carbonyl (C=O) groups excluding carboxylic acids is 2. The van der Waals surface area contributed by atoms with Crippen LogP contribution in [0.5, 0.6) is 5.75 Å². The highest BCUT2D eigenvalue weighted by Gasteiger charge is 2.25. The number of piperazine rings is 1. The van der Waals surface area contributed by atoms with Crippen molar-refractivity contribution in [3.63, 3.8) is 0 Å². The average molecular weight is 644 g/mol. The van der Waals surface area contributed by atoms with Crippen molar-refractivity contribution in [1.82, 2.24) is 39.1 Å². The number of nitrogens with one attached hydrogen (secondary N) is 1. The van der Waals surface area contributed by atoms with E-state index in [2.05, 4.69) is 30.3 Å². The molecular formula is C29H32ClF2N9O4. The highest BCUT2D eigenvalue weighted by Crippen LogP contribution is 2.37. The van der Waals surface area contributed by atoms with E-state index in [0.29, 0.717) is 18.7 Å². The smallest absolute Gasteiger partial charge is 0.387 e. The zero-order valence-electron chi connectivity index (χ0n) is 24.3. The number of fused-ring (bicyclic) bond motifs is 1. The van der Waals surface area contributed by atoms with Gasteiger partial charge in [0, 0.05) is 81.5 Å². The minimum atomic E-state index is -3.11. The van der Waals surface area contributed by atoms with Gasteiger partial charge < -0.3 is 19.7 Å². The fourth-order valence-electron chi connectivity index (χ4n) is 5.42. The Balaban J connectivity index is 1.19. The summed E-state index contributed by atoms with van der Waals surface area (Å²) in [7, 11) is 0. The minimum Gasteiger partial charge on any atom is -0.434 e. The largest absolute Gasteiger partial charge is 0.434 e. The third kappa shape index (κ3) is 7.39. The van der Waals surface area contributed by atoms with Crippen LogP contribution in [-0.4, -0.2) is 123 Å². The second-order valence-corrected chi connectivity index (χ2v) is 11.1. The molecule has 2 fully saturated rings. The molecule has 238 valence electrons. The monoisotopic (exact) mass is 643 g/mol. The molecule has 0 unspecified atom stereocenters. The molecule has 5 heterocycles. The zero-order valence-corrected chi connectivity index (χ0v) is 25.1. The van der Waals surface area contributed by atoms with Gasteiger partial charge in [-0.1, -0.05) is 11.6 Å². The molecule has 2 aliphatic rings. The number of ether oxygens (including phenoxy) is 2. The van der Waals surface area contributed by atoms with Crippen molar-refractivity contribution in [3.05, 3.63) is 59.6 Å². The van der Waals surface area contributed by atoms with Crippen molar-refractivity contribution >= 4 is 34.7 Å². The van der Waals surface area contributed by atoms with Gasteiger partial charge in [0.1, 0.15) is 23.6 Å². The van der Waals surface area contributed by atoms with Crippen LogP contribution >= 0.6 is 11.6 Å². The molecule has 0 radical (unpaired) electrons. The first kappa shape index (κ1) is 30.8. The molecule has 1 N–H and O–H groups in total. The molecule has 2 amide bonds. The van der Waals surface area contributed by atoms with Crippen LogP contribution in [0, 0.1) is 0 Å². The number of alkyl halides is 2. The molecule has 0 spiro atoms. The molecule has 1 aromatic carbocycles. The van der Waals surface area contributed by atoms with E-state index in [1.54, 1.807) is 17.2 Å². The number of carbonyl (C=O) groups is 2. The number of benzene rings is 1. The lowest BCUT2D eigenvalue weighted by Gasteiger charge is -2.36. The van der Waals surface area contributed by atoms with Crippen LogP contribution in [0.1, 0.15) is 10.4 Å². The van der Waals surface area contributed by atoms with Crippen molar-refractivity contribution in [2.45, 2.75) is 13.2 Å². The molecule has 2 aliphatic heterocycles. The summed E-state index contributed by atoms with van der Waals surface area (Å²) in [6.45, 7) is 4.72. The third-order valence-corrected chi connectivity index (χ3v) is 8.04. The normalized spacial score (nSPS) is 16.4. The predicted octanol–water partition coefficient (Wildman–Crippen LogP) is 2.58.